The highest BCUT2D eigenvalue weighted by Crippen LogP contribution is 2.43. The van der Waals surface area contributed by atoms with Gasteiger partial charge in [-0.3, -0.25) is 9.59 Å². The van der Waals surface area contributed by atoms with Gasteiger partial charge in [-0.15, -0.1) is 5.10 Å². The maximum absolute atomic E-state index is 13.6. The van der Waals surface area contributed by atoms with Gasteiger partial charge in [0.1, 0.15) is 23.7 Å². The molecule has 2 aliphatic heterocycles. The Bertz CT molecular complexity index is 1150. The number of hydrogen-bond acceptors (Lipinski definition) is 5. The van der Waals surface area contributed by atoms with Crippen molar-refractivity contribution in [2.45, 2.75) is 64.0 Å². The Kier molecular flexibility index (Phi) is 7.14. The van der Waals surface area contributed by atoms with Crippen LogP contribution in [0.1, 0.15) is 73.5 Å². The number of alkyl halides is 2. The van der Waals surface area contributed by atoms with Gasteiger partial charge in [-0.05, 0) is 43.4 Å². The highest BCUT2D eigenvalue weighted by molar-refractivity contribution is 6.31. The SMILES string of the molecule is Cn1nnc(COc2ccc(Cl)c3c2[C@H](CN2CCCC2=O)N(C(=O)C2CCCC2)CC3)c1C(F)F. The fraction of sp³-hybridized carbons (Fsp3) is 0.600. The first kappa shape index (κ1) is 24.9. The number of carbonyl (C=O) groups excluding carboxylic acids is 2. The number of aryl methyl sites for hydroxylation is 1. The monoisotopic (exact) mass is 521 g/mol. The van der Waals surface area contributed by atoms with Crippen molar-refractivity contribution in [1.82, 2.24) is 24.8 Å². The molecule has 1 atom stereocenters. The topological polar surface area (TPSA) is 80.6 Å². The summed E-state index contributed by atoms with van der Waals surface area (Å²) in [6.07, 6.45) is 2.94. The average molecular weight is 522 g/mol. The zero-order chi connectivity index (χ0) is 25.4. The number of rotatable bonds is 7. The van der Waals surface area contributed by atoms with E-state index in [4.69, 9.17) is 16.3 Å². The van der Waals surface area contributed by atoms with Gasteiger partial charge in [0.15, 0.2) is 0 Å². The molecule has 1 saturated carbocycles. The molecule has 2 fully saturated rings. The lowest BCUT2D eigenvalue weighted by Crippen LogP contribution is -2.47. The van der Waals surface area contributed by atoms with Crippen LogP contribution in [0.4, 0.5) is 8.78 Å². The molecular formula is C25H30ClF2N5O3. The van der Waals surface area contributed by atoms with Gasteiger partial charge in [0, 0.05) is 49.6 Å². The molecule has 0 unspecified atom stereocenters. The first-order valence-corrected chi connectivity index (χ1v) is 12.9. The minimum atomic E-state index is -2.74. The number of likely N-dealkylation sites (tertiary alicyclic amines) is 1. The number of hydrogen-bond donors (Lipinski definition) is 0. The van der Waals surface area contributed by atoms with Gasteiger partial charge in [0.25, 0.3) is 6.43 Å². The minimum Gasteiger partial charge on any atom is -0.487 e. The van der Waals surface area contributed by atoms with Crippen LogP contribution in [0.15, 0.2) is 12.1 Å². The summed E-state index contributed by atoms with van der Waals surface area (Å²) in [6.45, 7) is 1.31. The van der Waals surface area contributed by atoms with Crippen molar-refractivity contribution in [3.8, 4) is 5.75 Å². The van der Waals surface area contributed by atoms with Crippen LogP contribution < -0.4 is 4.74 Å². The maximum atomic E-state index is 13.6. The van der Waals surface area contributed by atoms with Gasteiger partial charge in [-0.2, -0.15) is 0 Å². The summed E-state index contributed by atoms with van der Waals surface area (Å²) >= 11 is 6.60. The fourth-order valence-corrected chi connectivity index (χ4v) is 6.06. The Morgan fingerprint density at radius 3 is 2.67 bits per heavy atom. The molecule has 8 nitrogen and oxygen atoms in total. The molecule has 0 bridgehead atoms. The van der Waals surface area contributed by atoms with Crippen molar-refractivity contribution in [1.29, 1.82) is 0 Å². The van der Waals surface area contributed by atoms with Gasteiger partial charge in [-0.25, -0.2) is 13.5 Å². The van der Waals surface area contributed by atoms with E-state index in [0.29, 0.717) is 43.2 Å². The van der Waals surface area contributed by atoms with Gasteiger partial charge in [-0.1, -0.05) is 29.7 Å². The van der Waals surface area contributed by atoms with E-state index in [1.54, 1.807) is 17.0 Å². The van der Waals surface area contributed by atoms with Gasteiger partial charge < -0.3 is 14.5 Å². The Balaban J connectivity index is 1.50. The Hall–Kier alpha value is -2.75. The van der Waals surface area contributed by atoms with Crippen LogP contribution in [0.3, 0.4) is 0 Å². The van der Waals surface area contributed by atoms with Crippen molar-refractivity contribution in [3.05, 3.63) is 39.7 Å². The zero-order valence-corrected chi connectivity index (χ0v) is 21.0. The number of halogens is 3. The smallest absolute Gasteiger partial charge is 0.282 e. The van der Waals surface area contributed by atoms with Crippen LogP contribution in [0.2, 0.25) is 5.02 Å². The molecule has 0 radical (unpaired) electrons. The van der Waals surface area contributed by atoms with Gasteiger partial charge in [0.05, 0.1) is 6.04 Å². The van der Waals surface area contributed by atoms with Crippen LogP contribution in [0.25, 0.3) is 0 Å². The maximum Gasteiger partial charge on any atom is 0.282 e. The van der Waals surface area contributed by atoms with Crippen molar-refractivity contribution in [2.75, 3.05) is 19.6 Å². The first-order valence-electron chi connectivity index (χ1n) is 12.5. The van der Waals surface area contributed by atoms with Crippen LogP contribution in [-0.4, -0.2) is 56.2 Å². The van der Waals surface area contributed by atoms with E-state index in [1.807, 2.05) is 4.90 Å². The molecule has 0 spiro atoms. The summed E-state index contributed by atoms with van der Waals surface area (Å²) in [5.74, 6) is 0.622. The predicted molar refractivity (Wildman–Crippen MR) is 128 cm³/mol. The molecule has 0 N–H and O–H groups in total. The number of aromatic nitrogens is 3. The fourth-order valence-electron chi connectivity index (χ4n) is 5.80. The largest absolute Gasteiger partial charge is 0.487 e. The number of carbonyl (C=O) groups is 2. The van der Waals surface area contributed by atoms with Gasteiger partial charge in [0.2, 0.25) is 11.8 Å². The summed E-state index contributed by atoms with van der Waals surface area (Å²) in [5, 5.41) is 8.13. The van der Waals surface area contributed by atoms with E-state index >= 15 is 0 Å². The van der Waals surface area contributed by atoms with Gasteiger partial charge >= 0.3 is 0 Å². The van der Waals surface area contributed by atoms with Crippen molar-refractivity contribution >= 4 is 23.4 Å². The predicted octanol–water partition coefficient (Wildman–Crippen LogP) is 4.22. The number of fused-ring (bicyclic) bond motifs is 1. The third-order valence-corrected chi connectivity index (χ3v) is 7.99. The second kappa shape index (κ2) is 10.3. The summed E-state index contributed by atoms with van der Waals surface area (Å²) in [7, 11) is 1.41. The lowest BCUT2D eigenvalue weighted by Gasteiger charge is -2.41. The van der Waals surface area contributed by atoms with E-state index < -0.39 is 12.5 Å². The summed E-state index contributed by atoms with van der Waals surface area (Å²) in [5.41, 5.74) is 1.38. The number of amides is 2. The molecule has 1 aromatic heterocycles. The quantitative estimate of drug-likeness (QED) is 0.545. The van der Waals surface area contributed by atoms with Crippen molar-refractivity contribution in [2.24, 2.45) is 13.0 Å². The molecule has 194 valence electrons. The summed E-state index contributed by atoms with van der Waals surface area (Å²) in [6, 6.07) is 3.02. The lowest BCUT2D eigenvalue weighted by molar-refractivity contribution is -0.140. The Labute approximate surface area is 213 Å². The van der Waals surface area contributed by atoms with Crippen molar-refractivity contribution in [3.63, 3.8) is 0 Å². The van der Waals surface area contributed by atoms with Crippen LogP contribution in [0, 0.1) is 5.92 Å². The number of benzene rings is 1. The molecular weight excluding hydrogens is 492 g/mol. The molecule has 5 rings (SSSR count). The van der Waals surface area contributed by atoms with E-state index in [-0.39, 0.29) is 35.7 Å². The number of ether oxygens (including phenoxy) is 1. The third-order valence-electron chi connectivity index (χ3n) is 7.64. The molecule has 3 aliphatic rings. The normalized spacial score (nSPS) is 20.5. The molecule has 2 amide bonds. The van der Waals surface area contributed by atoms with Crippen LogP contribution in [0.5, 0.6) is 5.75 Å². The van der Waals surface area contributed by atoms with E-state index in [2.05, 4.69) is 10.3 Å². The Morgan fingerprint density at radius 1 is 1.19 bits per heavy atom. The molecule has 11 heteroatoms. The van der Waals surface area contributed by atoms with E-state index in [1.165, 1.54) is 7.05 Å². The molecule has 1 aliphatic carbocycles. The average Bonchev–Trinajstić information content (AvgIpc) is 3.61. The standard InChI is InChI=1S/C25H30ClF2N5O3/c1-31-23(24(27)28)18(29-30-31)14-36-20-9-8-17(26)16-10-12-33(25(35)15-5-2-3-6-15)19(22(16)20)13-32-11-4-7-21(32)34/h8-9,15,19,24H,2-7,10-14H2,1H3/t19-/m0/s1. The number of nitrogens with zero attached hydrogens (tertiary/aromatic N) is 5. The zero-order valence-electron chi connectivity index (χ0n) is 20.3. The lowest BCUT2D eigenvalue weighted by atomic mass is 9.89. The first-order chi connectivity index (χ1) is 17.3. The molecule has 1 aromatic carbocycles. The third kappa shape index (κ3) is 4.67. The van der Waals surface area contributed by atoms with Crippen molar-refractivity contribution < 1.29 is 23.1 Å². The molecule has 1 saturated heterocycles. The van der Waals surface area contributed by atoms with Crippen LogP contribution >= 0.6 is 11.6 Å². The molecule has 3 heterocycles. The second-order valence-corrected chi connectivity index (χ2v) is 10.2. The second-order valence-electron chi connectivity index (χ2n) is 9.79. The highest BCUT2D eigenvalue weighted by Gasteiger charge is 2.40. The van der Waals surface area contributed by atoms with E-state index in [0.717, 1.165) is 47.9 Å². The summed E-state index contributed by atoms with van der Waals surface area (Å²) < 4.78 is 34.2. The van der Waals surface area contributed by atoms with Crippen LogP contribution in [-0.2, 0) is 29.7 Å². The van der Waals surface area contributed by atoms with E-state index in [9.17, 15) is 18.4 Å². The minimum absolute atomic E-state index is 0.0138. The molecule has 36 heavy (non-hydrogen) atoms. The highest BCUT2D eigenvalue weighted by atomic mass is 35.5. The molecule has 2 aromatic rings. The Morgan fingerprint density at radius 2 is 1.97 bits per heavy atom. The summed E-state index contributed by atoms with van der Waals surface area (Å²) in [4.78, 5) is 29.8.